The van der Waals surface area contributed by atoms with E-state index >= 15 is 0 Å². The van der Waals surface area contributed by atoms with Crippen LogP contribution in [0.3, 0.4) is 0 Å². The number of rotatable bonds is 2. The minimum atomic E-state index is -4.07. The van der Waals surface area contributed by atoms with Crippen LogP contribution in [0.15, 0.2) is 0 Å². The number of hydrogen-bond acceptors (Lipinski definition) is 2. The Balaban J connectivity index is 1.95. The van der Waals surface area contributed by atoms with Gasteiger partial charge >= 0.3 is 6.18 Å². The monoisotopic (exact) mass is 279 g/mol. The summed E-state index contributed by atoms with van der Waals surface area (Å²) in [6.45, 7) is 3.99. The zero-order valence-corrected chi connectivity index (χ0v) is 11.7. The molecule has 4 unspecified atom stereocenters. The predicted octanol–water partition coefficient (Wildman–Crippen LogP) is 3.65. The molecular formula is C14H24F3NO. The van der Waals surface area contributed by atoms with E-state index < -0.39 is 18.1 Å². The fourth-order valence-electron chi connectivity index (χ4n) is 3.57. The minimum Gasteiger partial charge on any atom is -0.375 e. The van der Waals surface area contributed by atoms with Crippen molar-refractivity contribution < 1.29 is 17.9 Å². The van der Waals surface area contributed by atoms with Gasteiger partial charge in [0.25, 0.3) is 0 Å². The largest absolute Gasteiger partial charge is 0.393 e. The maximum atomic E-state index is 13.0. The number of alkyl halides is 3. The lowest BCUT2D eigenvalue weighted by molar-refractivity contribution is -0.190. The first-order valence-electron chi connectivity index (χ1n) is 7.34. The van der Waals surface area contributed by atoms with Gasteiger partial charge in [0, 0.05) is 12.1 Å². The molecule has 0 radical (unpaired) electrons. The highest BCUT2D eigenvalue weighted by Crippen LogP contribution is 2.38. The Morgan fingerprint density at radius 2 is 1.58 bits per heavy atom. The summed E-state index contributed by atoms with van der Waals surface area (Å²) in [7, 11) is 0. The van der Waals surface area contributed by atoms with E-state index in [-0.39, 0.29) is 24.7 Å². The van der Waals surface area contributed by atoms with Crippen LogP contribution in [0, 0.1) is 5.92 Å². The first-order chi connectivity index (χ1) is 8.86. The molecule has 2 nitrogen and oxygen atoms in total. The first-order valence-corrected chi connectivity index (χ1v) is 7.34. The Morgan fingerprint density at radius 1 is 1.00 bits per heavy atom. The SMILES string of the molecule is CC1CC(NC2CCCCC2C(F)(F)F)CC(C)O1. The lowest BCUT2D eigenvalue weighted by Gasteiger charge is -2.39. The second-order valence-electron chi connectivity index (χ2n) is 6.13. The molecule has 1 saturated heterocycles. The second-order valence-corrected chi connectivity index (χ2v) is 6.13. The molecule has 0 spiro atoms. The van der Waals surface area contributed by atoms with Crippen molar-refractivity contribution in [1.29, 1.82) is 0 Å². The number of hydrogen-bond donors (Lipinski definition) is 1. The maximum Gasteiger partial charge on any atom is 0.393 e. The van der Waals surface area contributed by atoms with Crippen molar-refractivity contribution in [3.05, 3.63) is 0 Å². The molecular weight excluding hydrogens is 255 g/mol. The van der Waals surface area contributed by atoms with Crippen LogP contribution in [-0.4, -0.2) is 30.5 Å². The average molecular weight is 279 g/mol. The van der Waals surface area contributed by atoms with Crippen LogP contribution >= 0.6 is 0 Å². The van der Waals surface area contributed by atoms with E-state index in [1.54, 1.807) is 0 Å². The lowest BCUT2D eigenvalue weighted by atomic mass is 9.83. The Bertz CT molecular complexity index is 285. The van der Waals surface area contributed by atoms with Crippen LogP contribution in [-0.2, 0) is 4.74 Å². The molecule has 1 heterocycles. The van der Waals surface area contributed by atoms with E-state index in [2.05, 4.69) is 5.32 Å². The highest BCUT2D eigenvalue weighted by atomic mass is 19.4. The van der Waals surface area contributed by atoms with Gasteiger partial charge in [-0.05, 0) is 39.5 Å². The molecule has 1 saturated carbocycles. The van der Waals surface area contributed by atoms with Gasteiger partial charge in [0.15, 0.2) is 0 Å². The average Bonchev–Trinajstić information content (AvgIpc) is 2.26. The Morgan fingerprint density at radius 3 is 2.16 bits per heavy atom. The molecule has 2 rings (SSSR count). The molecule has 19 heavy (non-hydrogen) atoms. The molecule has 2 aliphatic rings. The van der Waals surface area contributed by atoms with E-state index in [4.69, 9.17) is 4.74 Å². The number of nitrogens with one attached hydrogen (secondary N) is 1. The van der Waals surface area contributed by atoms with Gasteiger partial charge in [-0.2, -0.15) is 13.2 Å². The van der Waals surface area contributed by atoms with Gasteiger partial charge in [-0.1, -0.05) is 12.8 Å². The van der Waals surface area contributed by atoms with Gasteiger partial charge in [-0.3, -0.25) is 0 Å². The Hall–Kier alpha value is -0.290. The van der Waals surface area contributed by atoms with Crippen molar-refractivity contribution in [1.82, 2.24) is 5.32 Å². The quantitative estimate of drug-likeness (QED) is 0.833. The van der Waals surface area contributed by atoms with Crippen LogP contribution in [0.25, 0.3) is 0 Å². The summed E-state index contributed by atoms with van der Waals surface area (Å²) in [5, 5.41) is 3.28. The summed E-state index contributed by atoms with van der Waals surface area (Å²) in [6.07, 6.45) is 0.335. The molecule has 0 amide bonds. The molecule has 2 fully saturated rings. The number of ether oxygens (including phenoxy) is 1. The van der Waals surface area contributed by atoms with Gasteiger partial charge in [0.05, 0.1) is 18.1 Å². The number of halogens is 3. The predicted molar refractivity (Wildman–Crippen MR) is 68.0 cm³/mol. The molecule has 112 valence electrons. The van der Waals surface area contributed by atoms with Gasteiger partial charge in [0.1, 0.15) is 0 Å². The summed E-state index contributed by atoms with van der Waals surface area (Å²) >= 11 is 0. The third-order valence-corrected chi connectivity index (χ3v) is 4.33. The summed E-state index contributed by atoms with van der Waals surface area (Å²) in [4.78, 5) is 0. The molecule has 0 bridgehead atoms. The second kappa shape index (κ2) is 6.00. The van der Waals surface area contributed by atoms with Crippen molar-refractivity contribution in [3.8, 4) is 0 Å². The molecule has 0 aromatic heterocycles. The normalized spacial score (nSPS) is 41.2. The topological polar surface area (TPSA) is 21.3 Å². The first kappa shape index (κ1) is 15.1. The van der Waals surface area contributed by atoms with Crippen molar-refractivity contribution in [2.75, 3.05) is 0 Å². The molecule has 0 aromatic carbocycles. The fraction of sp³-hybridized carbons (Fsp3) is 1.00. The molecule has 1 aliphatic heterocycles. The van der Waals surface area contributed by atoms with Gasteiger partial charge in [-0.15, -0.1) is 0 Å². The van der Waals surface area contributed by atoms with Gasteiger partial charge in [-0.25, -0.2) is 0 Å². The van der Waals surface area contributed by atoms with Crippen LogP contribution in [0.5, 0.6) is 0 Å². The fourth-order valence-corrected chi connectivity index (χ4v) is 3.57. The molecule has 1 aliphatic carbocycles. The summed E-state index contributed by atoms with van der Waals surface area (Å²) < 4.78 is 44.7. The molecule has 4 atom stereocenters. The van der Waals surface area contributed by atoms with Crippen molar-refractivity contribution in [2.24, 2.45) is 5.92 Å². The Kier molecular flexibility index (Phi) is 4.77. The van der Waals surface area contributed by atoms with Crippen LogP contribution in [0.4, 0.5) is 13.2 Å². The zero-order chi connectivity index (χ0) is 14.0. The highest BCUT2D eigenvalue weighted by Gasteiger charge is 2.46. The van der Waals surface area contributed by atoms with Crippen molar-refractivity contribution in [3.63, 3.8) is 0 Å². The Labute approximate surface area is 113 Å². The van der Waals surface area contributed by atoms with E-state index in [1.807, 2.05) is 13.8 Å². The van der Waals surface area contributed by atoms with Crippen molar-refractivity contribution >= 4 is 0 Å². The highest BCUT2D eigenvalue weighted by molar-refractivity contribution is 4.89. The van der Waals surface area contributed by atoms with Crippen LogP contribution in [0.2, 0.25) is 0 Å². The standard InChI is InChI=1S/C14H24F3NO/c1-9-7-11(8-10(2)19-9)18-13-6-4-3-5-12(13)14(15,16)17/h9-13,18H,3-8H2,1-2H3. The molecule has 5 heteroatoms. The third-order valence-electron chi connectivity index (χ3n) is 4.33. The summed E-state index contributed by atoms with van der Waals surface area (Å²) in [6, 6.07) is -0.247. The third kappa shape index (κ3) is 4.09. The summed E-state index contributed by atoms with van der Waals surface area (Å²) in [5.74, 6) is -1.17. The maximum absolute atomic E-state index is 13.0. The molecule has 1 N–H and O–H groups in total. The van der Waals surface area contributed by atoms with Gasteiger partial charge in [0.2, 0.25) is 0 Å². The van der Waals surface area contributed by atoms with Crippen LogP contribution in [0.1, 0.15) is 52.4 Å². The van der Waals surface area contributed by atoms with Gasteiger partial charge < -0.3 is 10.1 Å². The van der Waals surface area contributed by atoms with E-state index in [9.17, 15) is 13.2 Å². The minimum absolute atomic E-state index is 0.133. The lowest BCUT2D eigenvalue weighted by Crippen LogP contribution is -2.52. The summed E-state index contributed by atoms with van der Waals surface area (Å²) in [5.41, 5.74) is 0. The van der Waals surface area contributed by atoms with Crippen LogP contribution < -0.4 is 5.32 Å². The van der Waals surface area contributed by atoms with E-state index in [0.717, 1.165) is 19.3 Å². The smallest absolute Gasteiger partial charge is 0.375 e. The van der Waals surface area contributed by atoms with Crippen molar-refractivity contribution in [2.45, 2.75) is 82.8 Å². The zero-order valence-electron chi connectivity index (χ0n) is 11.7. The van der Waals surface area contributed by atoms with E-state index in [0.29, 0.717) is 12.8 Å². The van der Waals surface area contributed by atoms with E-state index in [1.165, 1.54) is 0 Å². The molecule has 0 aromatic rings.